The number of imide groups is 1. The molecule has 3 amide bonds. The molecule has 2 aliphatic heterocycles. The molecule has 2 fully saturated rings. The molecular formula is C24H30N4O2. The molecule has 6 heteroatoms. The average molecular weight is 407 g/mol. The molecular weight excluding hydrogens is 376 g/mol. The first kappa shape index (κ1) is 20.4. The summed E-state index contributed by atoms with van der Waals surface area (Å²) in [5.74, 6) is -0.213. The van der Waals surface area contributed by atoms with Gasteiger partial charge in [0.1, 0.15) is 5.54 Å². The van der Waals surface area contributed by atoms with Crippen molar-refractivity contribution < 1.29 is 9.59 Å². The molecule has 0 aromatic heterocycles. The Labute approximate surface area is 178 Å². The van der Waals surface area contributed by atoms with E-state index in [4.69, 9.17) is 0 Å². The highest BCUT2D eigenvalue weighted by atomic mass is 16.2. The number of nitrogens with zero attached hydrogens (tertiary/aromatic N) is 3. The number of urea groups is 1. The zero-order valence-electron chi connectivity index (χ0n) is 17.8. The average Bonchev–Trinajstić information content (AvgIpc) is 2.99. The van der Waals surface area contributed by atoms with Gasteiger partial charge >= 0.3 is 6.03 Å². The molecule has 2 aliphatic rings. The Bertz CT molecular complexity index is 910. The minimum Gasteiger partial charge on any atom is -0.371 e. The lowest BCUT2D eigenvalue weighted by molar-refractivity contribution is -0.132. The Hall–Kier alpha value is -2.86. The highest BCUT2D eigenvalue weighted by Gasteiger charge is 2.49. The van der Waals surface area contributed by atoms with E-state index in [1.165, 1.54) is 35.4 Å². The molecule has 6 nitrogen and oxygen atoms in total. The predicted molar refractivity (Wildman–Crippen MR) is 118 cm³/mol. The molecule has 0 bridgehead atoms. The number of hydrogen-bond acceptors (Lipinski definition) is 4. The molecule has 158 valence electrons. The van der Waals surface area contributed by atoms with Crippen LogP contribution in [0.2, 0.25) is 0 Å². The fraction of sp³-hybridized carbons (Fsp3) is 0.417. The van der Waals surface area contributed by atoms with E-state index in [2.05, 4.69) is 34.5 Å². The highest BCUT2D eigenvalue weighted by Crippen LogP contribution is 2.29. The van der Waals surface area contributed by atoms with Crippen LogP contribution in [0.3, 0.4) is 0 Å². The Morgan fingerprint density at radius 1 is 0.967 bits per heavy atom. The molecule has 2 aromatic rings. The van der Waals surface area contributed by atoms with Crippen molar-refractivity contribution in [3.8, 4) is 0 Å². The number of nitrogens with one attached hydrogen (secondary N) is 1. The summed E-state index contributed by atoms with van der Waals surface area (Å²) < 4.78 is 0. The Morgan fingerprint density at radius 3 is 2.37 bits per heavy atom. The Kier molecular flexibility index (Phi) is 5.77. The number of carbonyl (C=O) groups is 2. The summed E-state index contributed by atoms with van der Waals surface area (Å²) in [5.41, 5.74) is 2.25. The van der Waals surface area contributed by atoms with Crippen molar-refractivity contribution in [1.29, 1.82) is 0 Å². The maximum Gasteiger partial charge on any atom is 0.326 e. The van der Waals surface area contributed by atoms with E-state index in [1.807, 2.05) is 42.3 Å². The minimum absolute atomic E-state index is 0.213. The third-order valence-corrected chi connectivity index (χ3v) is 6.14. The summed E-state index contributed by atoms with van der Waals surface area (Å²) in [5, 5.41) is 2.88. The van der Waals surface area contributed by atoms with Gasteiger partial charge in [0.2, 0.25) is 0 Å². The summed E-state index contributed by atoms with van der Waals surface area (Å²) in [6.07, 6.45) is 3.75. The lowest BCUT2D eigenvalue weighted by Gasteiger charge is -2.32. The summed E-state index contributed by atoms with van der Waals surface area (Å²) in [6.45, 7) is 4.87. The third-order valence-electron chi connectivity index (χ3n) is 6.14. The number of benzene rings is 2. The van der Waals surface area contributed by atoms with Crippen LogP contribution in [0, 0.1) is 0 Å². The second-order valence-corrected chi connectivity index (χ2v) is 8.49. The van der Waals surface area contributed by atoms with Crippen LogP contribution in [0.1, 0.15) is 37.3 Å². The van der Waals surface area contributed by atoms with Crippen molar-refractivity contribution in [2.45, 2.75) is 38.3 Å². The monoisotopic (exact) mass is 406 g/mol. The number of para-hydroxylation sites is 1. The van der Waals surface area contributed by atoms with Crippen LogP contribution >= 0.6 is 0 Å². The molecule has 1 N–H and O–H groups in total. The van der Waals surface area contributed by atoms with Gasteiger partial charge in [-0.15, -0.1) is 0 Å². The lowest BCUT2D eigenvalue weighted by Crippen LogP contribution is -2.43. The first-order chi connectivity index (χ1) is 14.5. The number of rotatable bonds is 6. The van der Waals surface area contributed by atoms with Crippen molar-refractivity contribution in [2.24, 2.45) is 0 Å². The van der Waals surface area contributed by atoms with Crippen molar-refractivity contribution in [2.75, 3.05) is 31.7 Å². The summed E-state index contributed by atoms with van der Waals surface area (Å²) >= 11 is 0. The first-order valence-corrected chi connectivity index (χ1v) is 10.7. The fourth-order valence-corrected chi connectivity index (χ4v) is 4.46. The lowest BCUT2D eigenvalue weighted by atomic mass is 9.92. The maximum atomic E-state index is 13.1. The molecule has 1 atom stereocenters. The number of amides is 3. The Morgan fingerprint density at radius 2 is 1.63 bits per heavy atom. The molecule has 0 unspecified atom stereocenters. The largest absolute Gasteiger partial charge is 0.371 e. The molecule has 0 spiro atoms. The zero-order chi connectivity index (χ0) is 21.1. The SMILES string of the molecule is CN(Cc1ccccc1N1CCCCC1)CN1C(=O)N[C@@](C)(c2ccccc2)C1=O. The normalized spacial score (nSPS) is 22.0. The van der Waals surface area contributed by atoms with Gasteiger partial charge in [0.25, 0.3) is 5.91 Å². The smallest absolute Gasteiger partial charge is 0.326 e. The van der Waals surface area contributed by atoms with Crippen LogP contribution in [0.5, 0.6) is 0 Å². The predicted octanol–water partition coefficient (Wildman–Crippen LogP) is 3.53. The number of carbonyl (C=O) groups excluding carboxylic acids is 2. The maximum absolute atomic E-state index is 13.1. The molecule has 30 heavy (non-hydrogen) atoms. The van der Waals surface area contributed by atoms with Crippen LogP contribution in [0.15, 0.2) is 54.6 Å². The zero-order valence-corrected chi connectivity index (χ0v) is 17.8. The van der Waals surface area contributed by atoms with Crippen LogP contribution in [0.25, 0.3) is 0 Å². The van der Waals surface area contributed by atoms with Gasteiger partial charge in [-0.3, -0.25) is 9.69 Å². The van der Waals surface area contributed by atoms with Crippen LogP contribution in [-0.2, 0) is 16.9 Å². The highest BCUT2D eigenvalue weighted by molar-refractivity contribution is 6.07. The molecule has 0 saturated carbocycles. The number of piperidine rings is 1. The van der Waals surface area contributed by atoms with E-state index in [9.17, 15) is 9.59 Å². The van der Waals surface area contributed by atoms with Gasteiger partial charge in [-0.1, -0.05) is 48.5 Å². The quantitative estimate of drug-likeness (QED) is 0.746. The van der Waals surface area contributed by atoms with Crippen molar-refractivity contribution in [3.63, 3.8) is 0 Å². The van der Waals surface area contributed by atoms with Gasteiger partial charge in [-0.25, -0.2) is 9.69 Å². The van der Waals surface area contributed by atoms with E-state index >= 15 is 0 Å². The summed E-state index contributed by atoms with van der Waals surface area (Å²) in [4.78, 5) is 31.6. The van der Waals surface area contributed by atoms with E-state index in [-0.39, 0.29) is 18.6 Å². The van der Waals surface area contributed by atoms with Gasteiger partial charge in [0.15, 0.2) is 0 Å². The molecule has 0 radical (unpaired) electrons. The second kappa shape index (κ2) is 8.48. The van der Waals surface area contributed by atoms with Gasteiger partial charge in [0, 0.05) is 25.3 Å². The van der Waals surface area contributed by atoms with Gasteiger partial charge < -0.3 is 10.2 Å². The summed E-state index contributed by atoms with van der Waals surface area (Å²) in [6, 6.07) is 17.5. The van der Waals surface area contributed by atoms with Crippen LogP contribution in [0.4, 0.5) is 10.5 Å². The second-order valence-electron chi connectivity index (χ2n) is 8.49. The van der Waals surface area contributed by atoms with Crippen molar-refractivity contribution >= 4 is 17.6 Å². The van der Waals surface area contributed by atoms with E-state index in [1.54, 1.807) is 6.92 Å². The number of hydrogen-bond donors (Lipinski definition) is 1. The first-order valence-electron chi connectivity index (χ1n) is 10.7. The third kappa shape index (κ3) is 3.92. The topological polar surface area (TPSA) is 55.9 Å². The van der Waals surface area contributed by atoms with E-state index < -0.39 is 5.54 Å². The molecule has 2 aromatic carbocycles. The Balaban J connectivity index is 1.47. The molecule has 4 rings (SSSR count). The standard InChI is InChI=1S/C24H30N4O2/c1-24(20-12-5-3-6-13-20)22(29)28(23(30)25-24)18-26(2)17-19-11-7-8-14-21(19)27-15-9-4-10-16-27/h3,5-8,11-14H,4,9-10,15-18H2,1-2H3,(H,25,30)/t24-/m0/s1. The van der Waals surface area contributed by atoms with Gasteiger partial charge in [-0.2, -0.15) is 0 Å². The number of anilines is 1. The van der Waals surface area contributed by atoms with Crippen LogP contribution in [-0.4, -0.2) is 48.5 Å². The van der Waals surface area contributed by atoms with Gasteiger partial charge in [0.05, 0.1) is 6.67 Å². The van der Waals surface area contributed by atoms with E-state index in [0.717, 1.165) is 18.7 Å². The molecule has 0 aliphatic carbocycles. The molecule has 2 saturated heterocycles. The van der Waals surface area contributed by atoms with Crippen molar-refractivity contribution in [1.82, 2.24) is 15.1 Å². The fourth-order valence-electron chi connectivity index (χ4n) is 4.46. The van der Waals surface area contributed by atoms with E-state index in [0.29, 0.717) is 6.54 Å². The summed E-state index contributed by atoms with van der Waals surface area (Å²) in [7, 11) is 1.95. The van der Waals surface area contributed by atoms with Crippen molar-refractivity contribution in [3.05, 3.63) is 65.7 Å². The van der Waals surface area contributed by atoms with Gasteiger partial charge in [-0.05, 0) is 50.4 Å². The minimum atomic E-state index is -1.02. The molecule has 2 heterocycles. The van der Waals surface area contributed by atoms with Crippen LogP contribution < -0.4 is 10.2 Å².